The molecule has 2 aromatic heterocycles. The molecule has 1 aromatic carbocycles. The summed E-state index contributed by atoms with van der Waals surface area (Å²) in [6.07, 6.45) is 0. The molecule has 0 bridgehead atoms. The van der Waals surface area contributed by atoms with Crippen molar-refractivity contribution in [2.75, 3.05) is 0 Å². The van der Waals surface area contributed by atoms with Gasteiger partial charge in [-0.3, -0.25) is 0 Å². The fourth-order valence-electron chi connectivity index (χ4n) is 1.43. The average molecular weight is 247 g/mol. The molecule has 0 aliphatic rings. The molecule has 6 nitrogen and oxygen atoms in total. The van der Waals surface area contributed by atoms with E-state index in [0.717, 1.165) is 0 Å². The summed E-state index contributed by atoms with van der Waals surface area (Å²) in [6, 6.07) is 4.51. The molecule has 0 saturated carbocycles. The number of oxazole rings is 1. The van der Waals surface area contributed by atoms with Gasteiger partial charge in [-0.1, -0.05) is 4.49 Å². The number of benzene rings is 1. The molecule has 0 spiro atoms. The number of nitrogens with zero attached hydrogens (tertiary/aromatic N) is 3. The number of carboxylic acids is 1. The van der Waals surface area contributed by atoms with Gasteiger partial charge in [-0.25, -0.2) is 9.78 Å². The monoisotopic (exact) mass is 247 g/mol. The number of carboxylic acid groups (broad SMARTS) is 1. The van der Waals surface area contributed by atoms with E-state index in [0.29, 0.717) is 22.7 Å². The van der Waals surface area contributed by atoms with Crippen LogP contribution in [0.2, 0.25) is 0 Å². The second-order valence-corrected chi connectivity index (χ2v) is 3.91. The van der Waals surface area contributed by atoms with E-state index in [-0.39, 0.29) is 5.56 Å². The summed E-state index contributed by atoms with van der Waals surface area (Å²) in [5.41, 5.74) is 1.74. The molecule has 0 unspecified atom stereocenters. The van der Waals surface area contributed by atoms with E-state index in [4.69, 9.17) is 9.52 Å². The van der Waals surface area contributed by atoms with Crippen LogP contribution in [0.3, 0.4) is 0 Å². The van der Waals surface area contributed by atoms with Crippen LogP contribution < -0.4 is 0 Å². The Hall–Kier alpha value is -2.28. The lowest BCUT2D eigenvalue weighted by Gasteiger charge is -1.91. The molecule has 1 N–H and O–H groups in total. The van der Waals surface area contributed by atoms with E-state index < -0.39 is 5.97 Å². The Balaban J connectivity index is 2.16. The molecule has 0 amide bonds. The average Bonchev–Trinajstić information content (AvgIpc) is 2.96. The van der Waals surface area contributed by atoms with Crippen LogP contribution >= 0.6 is 11.5 Å². The molecule has 0 atom stereocenters. The fourth-order valence-corrected chi connectivity index (χ4v) is 1.86. The maximum Gasteiger partial charge on any atom is 0.335 e. The molecule has 3 aromatic rings. The van der Waals surface area contributed by atoms with Crippen LogP contribution in [0.1, 0.15) is 10.4 Å². The fraction of sp³-hybridized carbons (Fsp3) is 0. The normalized spacial score (nSPS) is 10.8. The Morgan fingerprint density at radius 3 is 3.00 bits per heavy atom. The highest BCUT2D eigenvalue weighted by molar-refractivity contribution is 7.03. The number of carbonyl (C=O) groups is 1. The number of fused-ring (bicyclic) bond motifs is 1. The molecule has 17 heavy (non-hydrogen) atoms. The maximum absolute atomic E-state index is 10.8. The standard InChI is InChI=1S/C10H5N3O3S/c14-10(15)5-1-2-8-6(3-5)11-9(16-8)7-4-17-13-12-7/h1-4H,(H,14,15). The van der Waals surface area contributed by atoms with E-state index in [1.54, 1.807) is 11.4 Å². The van der Waals surface area contributed by atoms with Crippen LogP contribution in [0.15, 0.2) is 28.0 Å². The highest BCUT2D eigenvalue weighted by atomic mass is 32.1. The largest absolute Gasteiger partial charge is 0.478 e. The van der Waals surface area contributed by atoms with Crippen molar-refractivity contribution in [1.29, 1.82) is 0 Å². The van der Waals surface area contributed by atoms with Gasteiger partial charge in [0.25, 0.3) is 0 Å². The summed E-state index contributed by atoms with van der Waals surface area (Å²) in [5, 5.41) is 14.4. The first-order valence-corrected chi connectivity index (χ1v) is 5.49. The molecule has 0 fully saturated rings. The third-order valence-corrected chi connectivity index (χ3v) is 2.72. The van der Waals surface area contributed by atoms with E-state index in [1.807, 2.05) is 0 Å². The minimum absolute atomic E-state index is 0.175. The molecule has 0 radical (unpaired) electrons. The van der Waals surface area contributed by atoms with Crippen LogP contribution in [0.5, 0.6) is 0 Å². The Kier molecular flexibility index (Phi) is 2.12. The van der Waals surface area contributed by atoms with Crippen molar-refractivity contribution in [2.24, 2.45) is 0 Å². The van der Waals surface area contributed by atoms with Crippen molar-refractivity contribution in [3.05, 3.63) is 29.1 Å². The van der Waals surface area contributed by atoms with Gasteiger partial charge in [0.1, 0.15) is 5.52 Å². The molecule has 0 aliphatic heterocycles. The number of hydrogen-bond donors (Lipinski definition) is 1. The van der Waals surface area contributed by atoms with Gasteiger partial charge >= 0.3 is 5.97 Å². The van der Waals surface area contributed by atoms with Crippen LogP contribution in [0, 0.1) is 0 Å². The number of aromatic nitrogens is 3. The van der Waals surface area contributed by atoms with Crippen LogP contribution in [0.25, 0.3) is 22.7 Å². The zero-order valence-electron chi connectivity index (χ0n) is 8.32. The van der Waals surface area contributed by atoms with Gasteiger partial charge in [-0.05, 0) is 29.7 Å². The zero-order valence-corrected chi connectivity index (χ0v) is 9.14. The molecular formula is C10H5N3O3S. The van der Waals surface area contributed by atoms with Gasteiger partial charge < -0.3 is 9.52 Å². The maximum atomic E-state index is 10.8. The molecule has 84 valence electrons. The van der Waals surface area contributed by atoms with Gasteiger partial charge in [0, 0.05) is 5.38 Å². The predicted octanol–water partition coefficient (Wildman–Crippen LogP) is 2.04. The van der Waals surface area contributed by atoms with E-state index in [9.17, 15) is 4.79 Å². The smallest absolute Gasteiger partial charge is 0.335 e. The first-order valence-electron chi connectivity index (χ1n) is 4.65. The summed E-state index contributed by atoms with van der Waals surface area (Å²) in [4.78, 5) is 15.0. The highest BCUT2D eigenvalue weighted by Crippen LogP contribution is 2.23. The lowest BCUT2D eigenvalue weighted by molar-refractivity contribution is 0.0697. The lowest BCUT2D eigenvalue weighted by atomic mass is 10.2. The van der Waals surface area contributed by atoms with Crippen molar-refractivity contribution in [3.63, 3.8) is 0 Å². The third kappa shape index (κ3) is 1.66. The van der Waals surface area contributed by atoms with Crippen LogP contribution in [-0.4, -0.2) is 25.6 Å². The Morgan fingerprint density at radius 1 is 1.41 bits per heavy atom. The second-order valence-electron chi connectivity index (χ2n) is 3.30. The molecule has 2 heterocycles. The Bertz CT molecular complexity index is 690. The predicted molar refractivity (Wildman–Crippen MR) is 59.9 cm³/mol. The minimum Gasteiger partial charge on any atom is -0.478 e. The van der Waals surface area contributed by atoms with Crippen molar-refractivity contribution < 1.29 is 14.3 Å². The molecule has 7 heteroatoms. The Morgan fingerprint density at radius 2 is 2.29 bits per heavy atom. The van der Waals surface area contributed by atoms with Crippen molar-refractivity contribution in [2.45, 2.75) is 0 Å². The molecular weight excluding hydrogens is 242 g/mol. The first-order chi connectivity index (χ1) is 8.24. The number of hydrogen-bond acceptors (Lipinski definition) is 6. The SMILES string of the molecule is O=C(O)c1ccc2oc(-c3csnn3)nc2c1. The van der Waals surface area contributed by atoms with Gasteiger partial charge in [-0.2, -0.15) is 0 Å². The molecule has 0 saturated heterocycles. The third-order valence-electron chi connectivity index (χ3n) is 2.21. The topological polar surface area (TPSA) is 89.1 Å². The van der Waals surface area contributed by atoms with Gasteiger partial charge in [0.15, 0.2) is 11.3 Å². The van der Waals surface area contributed by atoms with Gasteiger partial charge in [0.05, 0.1) is 5.56 Å². The Labute approximate surface area is 98.7 Å². The summed E-state index contributed by atoms with van der Waals surface area (Å²) >= 11 is 1.20. The number of rotatable bonds is 2. The molecule has 3 rings (SSSR count). The van der Waals surface area contributed by atoms with Crippen molar-refractivity contribution in [3.8, 4) is 11.6 Å². The summed E-state index contributed by atoms with van der Waals surface area (Å²) < 4.78 is 9.16. The van der Waals surface area contributed by atoms with E-state index in [2.05, 4.69) is 14.6 Å². The quantitative estimate of drug-likeness (QED) is 0.745. The van der Waals surface area contributed by atoms with E-state index in [1.165, 1.54) is 23.7 Å². The van der Waals surface area contributed by atoms with E-state index >= 15 is 0 Å². The van der Waals surface area contributed by atoms with Crippen LogP contribution in [0.4, 0.5) is 0 Å². The summed E-state index contributed by atoms with van der Waals surface area (Å²) in [5.74, 6) is -0.650. The summed E-state index contributed by atoms with van der Waals surface area (Å²) in [6.45, 7) is 0. The van der Waals surface area contributed by atoms with Crippen molar-refractivity contribution in [1.82, 2.24) is 14.6 Å². The minimum atomic E-state index is -0.994. The summed E-state index contributed by atoms with van der Waals surface area (Å²) in [7, 11) is 0. The first kappa shape index (κ1) is 9.91. The zero-order chi connectivity index (χ0) is 11.8. The van der Waals surface area contributed by atoms with Gasteiger partial charge in [-0.15, -0.1) is 5.10 Å². The highest BCUT2D eigenvalue weighted by Gasteiger charge is 2.12. The van der Waals surface area contributed by atoms with Gasteiger partial charge in [0.2, 0.25) is 5.89 Å². The lowest BCUT2D eigenvalue weighted by Crippen LogP contribution is -1.94. The second kappa shape index (κ2) is 3.63. The van der Waals surface area contributed by atoms with Crippen LogP contribution in [-0.2, 0) is 0 Å². The number of aromatic carboxylic acids is 1. The van der Waals surface area contributed by atoms with Crippen molar-refractivity contribution >= 4 is 28.6 Å². The molecule has 0 aliphatic carbocycles.